The SMILES string of the molecule is C[C@@H]1OC(c2c(F)cccc2F)=N[C@@H]1c1ccc(-c2ccc(C(F)(F)F)cc2)cc1. The first-order chi connectivity index (χ1) is 14.2. The summed E-state index contributed by atoms with van der Waals surface area (Å²) in [6.45, 7) is 1.75. The van der Waals surface area contributed by atoms with E-state index in [-0.39, 0.29) is 11.5 Å². The van der Waals surface area contributed by atoms with Crippen LogP contribution in [0.1, 0.15) is 29.7 Å². The maximum absolute atomic E-state index is 14.0. The van der Waals surface area contributed by atoms with Crippen molar-refractivity contribution in [3.05, 3.63) is 95.1 Å². The fourth-order valence-corrected chi connectivity index (χ4v) is 3.40. The summed E-state index contributed by atoms with van der Waals surface area (Å²) in [4.78, 5) is 4.36. The van der Waals surface area contributed by atoms with Gasteiger partial charge < -0.3 is 4.74 Å². The Morgan fingerprint density at radius 3 is 1.87 bits per heavy atom. The molecule has 30 heavy (non-hydrogen) atoms. The van der Waals surface area contributed by atoms with Gasteiger partial charge in [0.05, 0.1) is 5.56 Å². The molecule has 0 bridgehead atoms. The molecule has 0 aromatic heterocycles. The molecule has 2 atom stereocenters. The minimum absolute atomic E-state index is 0.0880. The Hall–Kier alpha value is -3.22. The molecule has 7 heteroatoms. The largest absolute Gasteiger partial charge is 0.472 e. The number of halogens is 5. The van der Waals surface area contributed by atoms with Gasteiger partial charge in [-0.2, -0.15) is 13.2 Å². The molecule has 0 N–H and O–H groups in total. The monoisotopic (exact) mass is 417 g/mol. The first-order valence-electron chi connectivity index (χ1n) is 9.20. The molecule has 0 saturated carbocycles. The van der Waals surface area contributed by atoms with Crippen LogP contribution < -0.4 is 0 Å². The van der Waals surface area contributed by atoms with Crippen molar-refractivity contribution < 1.29 is 26.7 Å². The molecule has 1 aliphatic heterocycles. The van der Waals surface area contributed by atoms with E-state index in [1.54, 1.807) is 31.2 Å². The molecule has 0 radical (unpaired) electrons. The van der Waals surface area contributed by atoms with Gasteiger partial charge in [0.25, 0.3) is 0 Å². The van der Waals surface area contributed by atoms with Crippen LogP contribution >= 0.6 is 0 Å². The first kappa shape index (κ1) is 20.1. The van der Waals surface area contributed by atoms with Crippen LogP contribution in [0, 0.1) is 11.6 Å². The molecule has 0 saturated heterocycles. The highest BCUT2D eigenvalue weighted by Crippen LogP contribution is 2.34. The maximum Gasteiger partial charge on any atom is 0.416 e. The number of benzene rings is 3. The Morgan fingerprint density at radius 1 is 0.800 bits per heavy atom. The Kier molecular flexibility index (Phi) is 5.05. The van der Waals surface area contributed by atoms with E-state index < -0.39 is 35.5 Å². The minimum Gasteiger partial charge on any atom is -0.472 e. The van der Waals surface area contributed by atoms with E-state index in [0.29, 0.717) is 5.56 Å². The van der Waals surface area contributed by atoms with Crippen molar-refractivity contribution in [2.75, 3.05) is 0 Å². The number of aliphatic imine (C=N–C) groups is 1. The van der Waals surface area contributed by atoms with E-state index in [1.165, 1.54) is 18.2 Å². The Bertz CT molecular complexity index is 1070. The Labute approximate surface area is 169 Å². The van der Waals surface area contributed by atoms with Crippen molar-refractivity contribution in [3.8, 4) is 11.1 Å². The van der Waals surface area contributed by atoms with Gasteiger partial charge >= 0.3 is 6.18 Å². The zero-order valence-electron chi connectivity index (χ0n) is 15.8. The van der Waals surface area contributed by atoms with Gasteiger partial charge in [-0.1, -0.05) is 42.5 Å². The second-order valence-corrected chi connectivity index (χ2v) is 7.00. The van der Waals surface area contributed by atoms with E-state index in [9.17, 15) is 22.0 Å². The number of alkyl halides is 3. The summed E-state index contributed by atoms with van der Waals surface area (Å²) in [5.74, 6) is -1.59. The number of hydrogen-bond acceptors (Lipinski definition) is 2. The molecule has 0 fully saturated rings. The molecule has 154 valence electrons. The molecule has 2 nitrogen and oxygen atoms in total. The summed E-state index contributed by atoms with van der Waals surface area (Å²) < 4.78 is 71.8. The van der Waals surface area contributed by atoms with E-state index in [0.717, 1.165) is 35.4 Å². The molecule has 1 heterocycles. The lowest BCUT2D eigenvalue weighted by atomic mass is 9.98. The summed E-state index contributed by atoms with van der Waals surface area (Å²) in [5, 5.41) is 0. The Balaban J connectivity index is 1.59. The molecule has 0 amide bonds. The van der Waals surface area contributed by atoms with Crippen LogP contribution in [-0.2, 0) is 10.9 Å². The van der Waals surface area contributed by atoms with Crippen molar-refractivity contribution in [2.24, 2.45) is 4.99 Å². The van der Waals surface area contributed by atoms with Crippen molar-refractivity contribution in [3.63, 3.8) is 0 Å². The van der Waals surface area contributed by atoms with Crippen LogP contribution in [0.3, 0.4) is 0 Å². The van der Waals surface area contributed by atoms with Gasteiger partial charge in [0.15, 0.2) is 0 Å². The summed E-state index contributed by atoms with van der Waals surface area (Å²) in [5.41, 5.74) is 1.14. The van der Waals surface area contributed by atoms with Crippen LogP contribution in [0.5, 0.6) is 0 Å². The predicted octanol–water partition coefficient (Wildman–Crippen LogP) is 6.56. The summed E-state index contributed by atoms with van der Waals surface area (Å²) in [6, 6.07) is 15.1. The molecule has 1 aliphatic rings. The molecular formula is C23H16F5NO. The molecule has 3 aromatic rings. The van der Waals surface area contributed by atoms with Crippen molar-refractivity contribution in [2.45, 2.75) is 25.2 Å². The van der Waals surface area contributed by atoms with E-state index >= 15 is 0 Å². The molecule has 3 aromatic carbocycles. The highest BCUT2D eigenvalue weighted by atomic mass is 19.4. The van der Waals surface area contributed by atoms with Crippen LogP contribution in [0.15, 0.2) is 71.7 Å². The highest BCUT2D eigenvalue weighted by Gasteiger charge is 2.32. The fourth-order valence-electron chi connectivity index (χ4n) is 3.40. The van der Waals surface area contributed by atoms with Crippen molar-refractivity contribution >= 4 is 5.90 Å². The van der Waals surface area contributed by atoms with Crippen LogP contribution in [0.2, 0.25) is 0 Å². The summed E-state index contributed by atoms with van der Waals surface area (Å²) >= 11 is 0. The minimum atomic E-state index is -4.38. The molecule has 0 unspecified atom stereocenters. The lowest BCUT2D eigenvalue weighted by Crippen LogP contribution is -2.14. The van der Waals surface area contributed by atoms with Gasteiger partial charge in [-0.05, 0) is 47.9 Å². The third kappa shape index (κ3) is 3.79. The van der Waals surface area contributed by atoms with Crippen molar-refractivity contribution in [1.29, 1.82) is 0 Å². The van der Waals surface area contributed by atoms with Gasteiger partial charge in [0.1, 0.15) is 29.3 Å². The van der Waals surface area contributed by atoms with Crippen LogP contribution in [0.4, 0.5) is 22.0 Å². The second kappa shape index (κ2) is 7.55. The summed E-state index contributed by atoms with van der Waals surface area (Å²) in [7, 11) is 0. The number of hydrogen-bond donors (Lipinski definition) is 0. The van der Waals surface area contributed by atoms with Crippen LogP contribution in [0.25, 0.3) is 11.1 Å². The lowest BCUT2D eigenvalue weighted by molar-refractivity contribution is -0.137. The average molecular weight is 417 g/mol. The lowest BCUT2D eigenvalue weighted by Gasteiger charge is -2.14. The predicted molar refractivity (Wildman–Crippen MR) is 103 cm³/mol. The van der Waals surface area contributed by atoms with Gasteiger partial charge in [-0.3, -0.25) is 0 Å². The third-order valence-electron chi connectivity index (χ3n) is 4.97. The van der Waals surface area contributed by atoms with Crippen molar-refractivity contribution in [1.82, 2.24) is 0 Å². The Morgan fingerprint density at radius 2 is 1.33 bits per heavy atom. The van der Waals surface area contributed by atoms with E-state index in [1.807, 2.05) is 0 Å². The fraction of sp³-hybridized carbons (Fsp3) is 0.174. The van der Waals surface area contributed by atoms with Gasteiger partial charge in [-0.25, -0.2) is 13.8 Å². The maximum atomic E-state index is 14.0. The summed E-state index contributed by atoms with van der Waals surface area (Å²) in [6.07, 6.45) is -4.81. The quantitative estimate of drug-likeness (QED) is 0.443. The molecular weight excluding hydrogens is 401 g/mol. The van der Waals surface area contributed by atoms with Gasteiger partial charge in [-0.15, -0.1) is 0 Å². The van der Waals surface area contributed by atoms with E-state index in [4.69, 9.17) is 4.74 Å². The topological polar surface area (TPSA) is 21.6 Å². The molecule has 0 aliphatic carbocycles. The smallest absolute Gasteiger partial charge is 0.416 e. The first-order valence-corrected chi connectivity index (χ1v) is 9.20. The van der Waals surface area contributed by atoms with Gasteiger partial charge in [0, 0.05) is 0 Å². The average Bonchev–Trinajstić information content (AvgIpc) is 3.08. The zero-order chi connectivity index (χ0) is 21.5. The molecule has 4 rings (SSSR count). The number of ether oxygens (including phenoxy) is 1. The number of rotatable bonds is 3. The van der Waals surface area contributed by atoms with E-state index in [2.05, 4.69) is 4.99 Å². The standard InChI is InChI=1S/C23H16F5NO/c1-13-21(29-22(30-13)20-18(24)3-2-4-19(20)25)16-7-5-14(6-8-16)15-9-11-17(12-10-15)23(26,27)28/h2-13,21H,1H3/t13-,21-/m0/s1. The van der Waals surface area contributed by atoms with Crippen LogP contribution in [-0.4, -0.2) is 12.0 Å². The number of nitrogens with zero attached hydrogens (tertiary/aromatic N) is 1. The van der Waals surface area contributed by atoms with Gasteiger partial charge in [0.2, 0.25) is 5.90 Å². The third-order valence-corrected chi connectivity index (χ3v) is 4.97. The zero-order valence-corrected chi connectivity index (χ0v) is 15.8. The highest BCUT2D eigenvalue weighted by molar-refractivity contribution is 5.96. The normalized spacial score (nSPS) is 18.8. The molecule has 0 spiro atoms. The second-order valence-electron chi connectivity index (χ2n) is 7.00.